The van der Waals surface area contributed by atoms with Crippen LogP contribution in [0.1, 0.15) is 52.5 Å². The molecule has 5 nitrogen and oxygen atoms in total. The highest BCUT2D eigenvalue weighted by molar-refractivity contribution is 6.21. The van der Waals surface area contributed by atoms with Crippen molar-refractivity contribution in [2.75, 3.05) is 0 Å². The minimum atomic E-state index is -1.05. The summed E-state index contributed by atoms with van der Waals surface area (Å²) in [6, 6.07) is 4.57. The van der Waals surface area contributed by atoms with Crippen LogP contribution in [0.2, 0.25) is 0 Å². The molecule has 2 unspecified atom stereocenters. The highest BCUT2D eigenvalue weighted by Crippen LogP contribution is 2.43. The number of imide groups is 1. The third kappa shape index (κ3) is 1.80. The van der Waals surface area contributed by atoms with Gasteiger partial charge < -0.3 is 5.11 Å². The van der Waals surface area contributed by atoms with E-state index in [1.54, 1.807) is 25.1 Å². The summed E-state index contributed by atoms with van der Waals surface area (Å²) in [4.78, 5) is 37.9. The van der Waals surface area contributed by atoms with Gasteiger partial charge in [-0.05, 0) is 38.8 Å². The SMILES string of the molecule is Cc1ccc2c(c1)C(=O)N(C1CCCC1(C)C(=O)O)C2=O. The van der Waals surface area contributed by atoms with Gasteiger partial charge >= 0.3 is 5.97 Å². The van der Waals surface area contributed by atoms with Crippen molar-refractivity contribution >= 4 is 17.8 Å². The summed E-state index contributed by atoms with van der Waals surface area (Å²) in [5, 5.41) is 9.49. The fourth-order valence-corrected chi connectivity index (χ4v) is 3.47. The number of rotatable bonds is 2. The molecule has 1 heterocycles. The van der Waals surface area contributed by atoms with Crippen LogP contribution in [0.5, 0.6) is 0 Å². The van der Waals surface area contributed by atoms with Crippen molar-refractivity contribution in [3.8, 4) is 0 Å². The van der Waals surface area contributed by atoms with Crippen LogP contribution in [0.25, 0.3) is 0 Å². The van der Waals surface area contributed by atoms with Gasteiger partial charge in [0.15, 0.2) is 0 Å². The van der Waals surface area contributed by atoms with Crippen molar-refractivity contribution in [3.05, 3.63) is 34.9 Å². The van der Waals surface area contributed by atoms with E-state index in [1.807, 2.05) is 6.92 Å². The van der Waals surface area contributed by atoms with Gasteiger partial charge in [0.1, 0.15) is 0 Å². The Morgan fingerprint density at radius 1 is 1.29 bits per heavy atom. The molecule has 1 fully saturated rings. The predicted octanol–water partition coefficient (Wildman–Crippen LogP) is 2.23. The monoisotopic (exact) mass is 287 g/mol. The zero-order chi connectivity index (χ0) is 15.4. The molecule has 1 aromatic rings. The van der Waals surface area contributed by atoms with Crippen molar-refractivity contribution in [1.29, 1.82) is 0 Å². The summed E-state index contributed by atoms with van der Waals surface area (Å²) in [5.41, 5.74) is 0.622. The summed E-state index contributed by atoms with van der Waals surface area (Å²) in [6.07, 6.45) is 1.74. The largest absolute Gasteiger partial charge is 0.481 e. The zero-order valence-corrected chi connectivity index (χ0v) is 12.0. The van der Waals surface area contributed by atoms with E-state index >= 15 is 0 Å². The zero-order valence-electron chi connectivity index (χ0n) is 12.0. The molecule has 1 N–H and O–H groups in total. The van der Waals surface area contributed by atoms with Gasteiger partial charge in [-0.2, -0.15) is 0 Å². The van der Waals surface area contributed by atoms with E-state index in [4.69, 9.17) is 0 Å². The van der Waals surface area contributed by atoms with Crippen molar-refractivity contribution in [1.82, 2.24) is 4.90 Å². The summed E-state index contributed by atoms with van der Waals surface area (Å²) in [6.45, 7) is 3.49. The Bertz CT molecular complexity index is 666. The number of carbonyl (C=O) groups is 3. The molecule has 1 aliphatic carbocycles. The van der Waals surface area contributed by atoms with E-state index in [1.165, 1.54) is 4.90 Å². The Morgan fingerprint density at radius 3 is 2.62 bits per heavy atom. The molecule has 1 saturated carbocycles. The lowest BCUT2D eigenvalue weighted by atomic mass is 9.84. The Hall–Kier alpha value is -2.17. The van der Waals surface area contributed by atoms with Crippen LogP contribution < -0.4 is 0 Å². The van der Waals surface area contributed by atoms with Crippen LogP contribution in [0, 0.1) is 12.3 Å². The quantitative estimate of drug-likeness (QED) is 0.846. The maximum Gasteiger partial charge on any atom is 0.311 e. The van der Waals surface area contributed by atoms with E-state index in [0.717, 1.165) is 5.56 Å². The molecule has 21 heavy (non-hydrogen) atoms. The van der Waals surface area contributed by atoms with Crippen molar-refractivity contribution in [2.45, 2.75) is 39.2 Å². The first-order valence-corrected chi connectivity index (χ1v) is 7.08. The molecule has 0 spiro atoms. The average molecular weight is 287 g/mol. The van der Waals surface area contributed by atoms with Crippen molar-refractivity contribution < 1.29 is 19.5 Å². The van der Waals surface area contributed by atoms with Crippen LogP contribution >= 0.6 is 0 Å². The lowest BCUT2D eigenvalue weighted by Crippen LogP contribution is -2.49. The van der Waals surface area contributed by atoms with E-state index in [0.29, 0.717) is 30.4 Å². The van der Waals surface area contributed by atoms with Crippen LogP contribution in [-0.2, 0) is 4.79 Å². The number of aryl methyl sites for hydroxylation is 1. The molecule has 0 radical (unpaired) electrons. The third-order valence-electron chi connectivity index (χ3n) is 4.78. The van der Waals surface area contributed by atoms with Crippen LogP contribution in [-0.4, -0.2) is 33.8 Å². The van der Waals surface area contributed by atoms with Gasteiger partial charge in [0, 0.05) is 0 Å². The summed E-state index contributed by atoms with van der Waals surface area (Å²) < 4.78 is 0. The van der Waals surface area contributed by atoms with Crippen molar-refractivity contribution in [3.63, 3.8) is 0 Å². The van der Waals surface area contributed by atoms with Gasteiger partial charge in [-0.1, -0.05) is 18.1 Å². The smallest absolute Gasteiger partial charge is 0.311 e. The minimum absolute atomic E-state index is 0.363. The normalized spacial score (nSPS) is 28.1. The topological polar surface area (TPSA) is 74.7 Å². The van der Waals surface area contributed by atoms with Gasteiger partial charge in [-0.15, -0.1) is 0 Å². The number of carboxylic acid groups (broad SMARTS) is 1. The first-order valence-electron chi connectivity index (χ1n) is 7.08. The fourth-order valence-electron chi connectivity index (χ4n) is 3.47. The van der Waals surface area contributed by atoms with Gasteiger partial charge in [-0.25, -0.2) is 0 Å². The molecule has 2 atom stereocenters. The third-order valence-corrected chi connectivity index (χ3v) is 4.78. The summed E-state index contributed by atoms with van der Waals surface area (Å²) in [7, 11) is 0. The van der Waals surface area contributed by atoms with Gasteiger partial charge in [0.25, 0.3) is 11.8 Å². The number of fused-ring (bicyclic) bond motifs is 1. The standard InChI is InChI=1S/C16H17NO4/c1-9-5-6-10-11(8-9)14(19)17(13(10)18)12-4-3-7-16(12,2)15(20)21/h5-6,8,12H,3-4,7H2,1-2H3,(H,20,21). The molecule has 2 aliphatic rings. The molecule has 0 bridgehead atoms. The average Bonchev–Trinajstić information content (AvgIpc) is 2.91. The summed E-state index contributed by atoms with van der Waals surface area (Å²) >= 11 is 0. The van der Waals surface area contributed by atoms with E-state index in [2.05, 4.69) is 0 Å². The van der Waals surface area contributed by atoms with Crippen LogP contribution in [0.4, 0.5) is 0 Å². The molecule has 0 saturated heterocycles. The number of carbonyl (C=O) groups excluding carboxylic acids is 2. The minimum Gasteiger partial charge on any atom is -0.481 e. The molecule has 3 rings (SSSR count). The molecule has 2 amide bonds. The Morgan fingerprint density at radius 2 is 1.95 bits per heavy atom. The molecule has 5 heteroatoms. The number of hydrogen-bond donors (Lipinski definition) is 1. The Kier molecular flexibility index (Phi) is 2.90. The van der Waals surface area contributed by atoms with E-state index in [-0.39, 0.29) is 11.8 Å². The number of nitrogens with zero attached hydrogens (tertiary/aromatic N) is 1. The fraction of sp³-hybridized carbons (Fsp3) is 0.438. The second-order valence-corrected chi connectivity index (χ2v) is 6.16. The highest BCUT2D eigenvalue weighted by Gasteiger charge is 2.53. The van der Waals surface area contributed by atoms with Gasteiger partial charge in [0.2, 0.25) is 0 Å². The Balaban J connectivity index is 2.04. The highest BCUT2D eigenvalue weighted by atomic mass is 16.4. The first kappa shape index (κ1) is 13.8. The maximum atomic E-state index is 12.6. The van der Waals surface area contributed by atoms with Gasteiger partial charge in [0.05, 0.1) is 22.6 Å². The second-order valence-electron chi connectivity index (χ2n) is 6.16. The predicted molar refractivity (Wildman–Crippen MR) is 75.1 cm³/mol. The molecular formula is C16H17NO4. The summed E-state index contributed by atoms with van der Waals surface area (Å²) in [5.74, 6) is -1.68. The van der Waals surface area contributed by atoms with Crippen LogP contribution in [0.3, 0.4) is 0 Å². The van der Waals surface area contributed by atoms with Gasteiger partial charge in [-0.3, -0.25) is 19.3 Å². The van der Waals surface area contributed by atoms with E-state index < -0.39 is 17.4 Å². The number of hydrogen-bond acceptors (Lipinski definition) is 3. The molecular weight excluding hydrogens is 270 g/mol. The Labute approximate surface area is 122 Å². The van der Waals surface area contributed by atoms with Crippen molar-refractivity contribution in [2.24, 2.45) is 5.41 Å². The number of amides is 2. The number of benzene rings is 1. The van der Waals surface area contributed by atoms with E-state index in [9.17, 15) is 19.5 Å². The second kappa shape index (κ2) is 4.41. The molecule has 1 aromatic carbocycles. The maximum absolute atomic E-state index is 12.6. The number of carboxylic acids is 1. The molecule has 0 aromatic heterocycles. The number of aliphatic carboxylic acids is 1. The lowest BCUT2D eigenvalue weighted by Gasteiger charge is -2.33. The van der Waals surface area contributed by atoms with Crippen LogP contribution in [0.15, 0.2) is 18.2 Å². The lowest BCUT2D eigenvalue weighted by molar-refractivity contribution is -0.149. The molecule has 110 valence electrons. The molecule has 1 aliphatic heterocycles. The first-order chi connectivity index (χ1) is 9.86.